The summed E-state index contributed by atoms with van der Waals surface area (Å²) in [5, 5.41) is 18.3. The van der Waals surface area contributed by atoms with E-state index in [0.29, 0.717) is 24.2 Å². The van der Waals surface area contributed by atoms with Crippen molar-refractivity contribution in [2.75, 3.05) is 0 Å². The Kier molecular flexibility index (Phi) is 4.29. The van der Waals surface area contributed by atoms with Crippen LogP contribution in [0, 0.1) is 34.5 Å². The van der Waals surface area contributed by atoms with E-state index in [1.54, 1.807) is 18.2 Å². The van der Waals surface area contributed by atoms with Gasteiger partial charge in [-0.2, -0.15) is 10.5 Å². The maximum Gasteiger partial charge on any atom is 0.175 e. The average Bonchev–Trinajstić information content (AvgIpc) is 2.53. The molecule has 0 N–H and O–H groups in total. The maximum absolute atomic E-state index is 12.9. The standard InChI is InChI=1S/C17H18N2O2/c1-3-17(4-2)15(12(11-19)9-10-18)16(20)13-7-5-6-8-14(13)21-17/h5-8,12,15H,3-4,9H2,1-2H3. The Morgan fingerprint density at radius 3 is 2.52 bits per heavy atom. The number of hydrogen-bond acceptors (Lipinski definition) is 4. The third-order valence-electron chi connectivity index (χ3n) is 4.39. The first kappa shape index (κ1) is 15.1. The van der Waals surface area contributed by atoms with Crippen LogP contribution in [0.25, 0.3) is 0 Å². The largest absolute Gasteiger partial charge is 0.486 e. The van der Waals surface area contributed by atoms with E-state index in [-0.39, 0.29) is 12.2 Å². The number of para-hydroxylation sites is 1. The number of carbonyl (C=O) groups is 1. The fourth-order valence-corrected chi connectivity index (χ4v) is 3.17. The van der Waals surface area contributed by atoms with E-state index in [4.69, 9.17) is 10.00 Å². The van der Waals surface area contributed by atoms with Gasteiger partial charge in [-0.25, -0.2) is 0 Å². The SMILES string of the molecule is CCC1(CC)Oc2ccccc2C(=O)C1C(C#N)CC#N. The molecule has 2 atom stereocenters. The Morgan fingerprint density at radius 2 is 1.95 bits per heavy atom. The molecule has 1 heterocycles. The molecular weight excluding hydrogens is 264 g/mol. The fourth-order valence-electron chi connectivity index (χ4n) is 3.17. The van der Waals surface area contributed by atoms with E-state index in [2.05, 4.69) is 6.07 Å². The molecule has 0 fully saturated rings. The summed E-state index contributed by atoms with van der Waals surface area (Å²) in [7, 11) is 0. The van der Waals surface area contributed by atoms with Crippen LogP contribution in [0.3, 0.4) is 0 Å². The second-order valence-corrected chi connectivity index (χ2v) is 5.31. The summed E-state index contributed by atoms with van der Waals surface area (Å²) in [5.41, 5.74) is -0.193. The van der Waals surface area contributed by atoms with Crippen molar-refractivity contribution < 1.29 is 9.53 Å². The van der Waals surface area contributed by atoms with Crippen molar-refractivity contribution in [3.63, 3.8) is 0 Å². The van der Waals surface area contributed by atoms with Crippen LogP contribution < -0.4 is 4.74 Å². The predicted molar refractivity (Wildman–Crippen MR) is 77.5 cm³/mol. The monoisotopic (exact) mass is 282 g/mol. The molecule has 108 valence electrons. The van der Waals surface area contributed by atoms with Gasteiger partial charge in [-0.3, -0.25) is 4.79 Å². The van der Waals surface area contributed by atoms with Gasteiger partial charge in [0, 0.05) is 0 Å². The summed E-state index contributed by atoms with van der Waals surface area (Å²) < 4.78 is 6.15. The molecule has 0 amide bonds. The minimum absolute atomic E-state index is 0.0418. The number of ether oxygens (including phenoxy) is 1. The highest BCUT2D eigenvalue weighted by atomic mass is 16.5. The number of nitrogens with zero attached hydrogens (tertiary/aromatic N) is 2. The van der Waals surface area contributed by atoms with Gasteiger partial charge in [-0.15, -0.1) is 0 Å². The normalized spacial score (nSPS) is 20.6. The van der Waals surface area contributed by atoms with E-state index in [9.17, 15) is 10.1 Å². The van der Waals surface area contributed by atoms with Crippen LogP contribution in [0.4, 0.5) is 0 Å². The number of Topliss-reactive ketones (excluding diaryl/α,β-unsaturated/α-hetero) is 1. The third kappa shape index (κ3) is 2.38. The lowest BCUT2D eigenvalue weighted by atomic mass is 9.69. The first-order chi connectivity index (χ1) is 10.1. The van der Waals surface area contributed by atoms with Crippen LogP contribution in [0.2, 0.25) is 0 Å². The van der Waals surface area contributed by atoms with Crippen LogP contribution in [-0.2, 0) is 0 Å². The van der Waals surface area contributed by atoms with Crippen molar-refractivity contribution in [1.82, 2.24) is 0 Å². The Morgan fingerprint density at radius 1 is 1.29 bits per heavy atom. The van der Waals surface area contributed by atoms with Crippen LogP contribution in [0.1, 0.15) is 43.5 Å². The number of ketones is 1. The van der Waals surface area contributed by atoms with Crippen molar-refractivity contribution in [1.29, 1.82) is 10.5 Å². The first-order valence-electron chi connectivity index (χ1n) is 7.22. The van der Waals surface area contributed by atoms with Crippen molar-refractivity contribution >= 4 is 5.78 Å². The van der Waals surface area contributed by atoms with Crippen LogP contribution in [0.15, 0.2) is 24.3 Å². The number of benzene rings is 1. The van der Waals surface area contributed by atoms with E-state index in [0.717, 1.165) is 0 Å². The first-order valence-corrected chi connectivity index (χ1v) is 7.22. The fraction of sp³-hybridized carbons (Fsp3) is 0.471. The van der Waals surface area contributed by atoms with Crippen LogP contribution in [-0.4, -0.2) is 11.4 Å². The molecule has 0 radical (unpaired) electrons. The Labute approximate surface area is 125 Å². The molecule has 0 aliphatic carbocycles. The Balaban J connectivity index is 2.57. The zero-order chi connectivity index (χ0) is 15.5. The molecule has 1 aliphatic heterocycles. The number of nitriles is 2. The summed E-state index contributed by atoms with van der Waals surface area (Å²) in [6, 6.07) is 11.3. The van der Waals surface area contributed by atoms with Gasteiger partial charge in [-0.05, 0) is 25.0 Å². The highest BCUT2D eigenvalue weighted by molar-refractivity contribution is 6.02. The second kappa shape index (κ2) is 5.97. The van der Waals surface area contributed by atoms with Gasteiger partial charge in [0.2, 0.25) is 0 Å². The molecule has 0 spiro atoms. The minimum Gasteiger partial charge on any atom is -0.486 e. The highest BCUT2D eigenvalue weighted by Gasteiger charge is 2.51. The van der Waals surface area contributed by atoms with Crippen molar-refractivity contribution in [2.24, 2.45) is 11.8 Å². The second-order valence-electron chi connectivity index (χ2n) is 5.31. The Hall–Kier alpha value is -2.33. The van der Waals surface area contributed by atoms with Gasteiger partial charge in [0.05, 0.1) is 36.0 Å². The third-order valence-corrected chi connectivity index (χ3v) is 4.39. The van der Waals surface area contributed by atoms with Gasteiger partial charge >= 0.3 is 0 Å². The molecule has 4 heteroatoms. The van der Waals surface area contributed by atoms with Gasteiger partial charge in [0.25, 0.3) is 0 Å². The molecule has 2 unspecified atom stereocenters. The zero-order valence-corrected chi connectivity index (χ0v) is 12.3. The topological polar surface area (TPSA) is 73.9 Å². The van der Waals surface area contributed by atoms with E-state index in [1.807, 2.05) is 26.0 Å². The maximum atomic E-state index is 12.9. The van der Waals surface area contributed by atoms with E-state index < -0.39 is 17.4 Å². The number of hydrogen-bond donors (Lipinski definition) is 0. The smallest absolute Gasteiger partial charge is 0.175 e. The van der Waals surface area contributed by atoms with Crippen molar-refractivity contribution in [2.45, 2.75) is 38.7 Å². The lowest BCUT2D eigenvalue weighted by molar-refractivity contribution is -0.0173. The Bertz CT molecular complexity index is 620. The predicted octanol–water partition coefficient (Wildman–Crippen LogP) is 3.49. The lowest BCUT2D eigenvalue weighted by Crippen LogP contribution is -2.52. The molecule has 1 aromatic carbocycles. The molecule has 0 aromatic heterocycles. The molecular formula is C17H18N2O2. The molecule has 4 nitrogen and oxygen atoms in total. The quantitative estimate of drug-likeness (QED) is 0.847. The van der Waals surface area contributed by atoms with Crippen LogP contribution >= 0.6 is 0 Å². The summed E-state index contributed by atoms with van der Waals surface area (Å²) in [4.78, 5) is 12.9. The molecule has 0 bridgehead atoms. The van der Waals surface area contributed by atoms with Gasteiger partial charge < -0.3 is 4.74 Å². The van der Waals surface area contributed by atoms with Crippen molar-refractivity contribution in [3.05, 3.63) is 29.8 Å². The molecule has 0 saturated carbocycles. The van der Waals surface area contributed by atoms with Gasteiger partial charge in [-0.1, -0.05) is 26.0 Å². The van der Waals surface area contributed by atoms with E-state index in [1.165, 1.54) is 0 Å². The number of rotatable bonds is 4. The molecule has 1 aromatic rings. The van der Waals surface area contributed by atoms with Crippen LogP contribution in [0.5, 0.6) is 5.75 Å². The minimum atomic E-state index is -0.706. The highest BCUT2D eigenvalue weighted by Crippen LogP contribution is 2.44. The molecule has 1 aliphatic rings. The summed E-state index contributed by atoms with van der Waals surface area (Å²) >= 11 is 0. The van der Waals surface area contributed by atoms with Gasteiger partial charge in [0.1, 0.15) is 11.4 Å². The molecule has 2 rings (SSSR count). The van der Waals surface area contributed by atoms with Gasteiger partial charge in [0.15, 0.2) is 5.78 Å². The average molecular weight is 282 g/mol. The summed E-state index contributed by atoms with van der Waals surface area (Å²) in [6.45, 7) is 3.91. The van der Waals surface area contributed by atoms with E-state index >= 15 is 0 Å². The zero-order valence-electron chi connectivity index (χ0n) is 12.3. The number of fused-ring (bicyclic) bond motifs is 1. The summed E-state index contributed by atoms with van der Waals surface area (Å²) in [6.07, 6.45) is 1.29. The molecule has 0 saturated heterocycles. The lowest BCUT2D eigenvalue weighted by Gasteiger charge is -2.44. The summed E-state index contributed by atoms with van der Waals surface area (Å²) in [5.74, 6) is -0.735. The van der Waals surface area contributed by atoms with Crippen molar-refractivity contribution in [3.8, 4) is 17.9 Å². The molecule has 21 heavy (non-hydrogen) atoms. The number of carbonyl (C=O) groups excluding carboxylic acids is 1.